The molecular formula is C25H19Cl2IN2O2. The molecule has 0 spiro atoms. The number of rotatable bonds is 7. The van der Waals surface area contributed by atoms with Gasteiger partial charge in [-0.15, -0.1) is 0 Å². The number of ether oxygens (including phenoxy) is 1. The zero-order valence-electron chi connectivity index (χ0n) is 17.1. The van der Waals surface area contributed by atoms with Crippen molar-refractivity contribution in [2.45, 2.75) is 19.6 Å². The molecule has 0 saturated carbocycles. The van der Waals surface area contributed by atoms with Gasteiger partial charge in [0, 0.05) is 0 Å². The molecule has 3 aromatic rings. The highest BCUT2D eigenvalue weighted by Gasteiger charge is 2.14. The molecule has 162 valence electrons. The van der Waals surface area contributed by atoms with Crippen molar-refractivity contribution in [2.75, 3.05) is 0 Å². The number of benzene rings is 3. The first kappa shape index (κ1) is 24.1. The van der Waals surface area contributed by atoms with Gasteiger partial charge in [0.1, 0.15) is 24.0 Å². The molecule has 0 bridgehead atoms. The fourth-order valence-corrected chi connectivity index (χ4v) is 3.94. The zero-order chi connectivity index (χ0) is 23.1. The second-order valence-corrected chi connectivity index (χ2v) is 8.98. The fraction of sp³-hybridized carbons (Fsp3) is 0.120. The van der Waals surface area contributed by atoms with E-state index in [9.17, 15) is 10.1 Å². The summed E-state index contributed by atoms with van der Waals surface area (Å²) in [5.74, 6) is 0.272. The predicted molar refractivity (Wildman–Crippen MR) is 137 cm³/mol. The highest BCUT2D eigenvalue weighted by atomic mass is 127. The molecule has 3 rings (SSSR count). The van der Waals surface area contributed by atoms with Crippen molar-refractivity contribution in [2.24, 2.45) is 0 Å². The Morgan fingerprint density at radius 2 is 1.88 bits per heavy atom. The van der Waals surface area contributed by atoms with Gasteiger partial charge in [-0.3, -0.25) is 4.79 Å². The van der Waals surface area contributed by atoms with E-state index in [0.29, 0.717) is 22.4 Å². The van der Waals surface area contributed by atoms with Crippen LogP contribution in [0.4, 0.5) is 0 Å². The number of nitrogens with zero attached hydrogens (tertiary/aromatic N) is 1. The summed E-state index contributed by atoms with van der Waals surface area (Å²) >= 11 is 14.2. The second kappa shape index (κ2) is 11.4. The largest absolute Gasteiger partial charge is 0.488 e. The molecule has 0 heterocycles. The molecule has 1 atom stereocenters. The molecule has 0 aliphatic carbocycles. The zero-order valence-corrected chi connectivity index (χ0v) is 20.8. The molecule has 1 N–H and O–H groups in total. The minimum Gasteiger partial charge on any atom is -0.488 e. The number of halogens is 3. The molecule has 0 aliphatic rings. The average molecular weight is 577 g/mol. The van der Waals surface area contributed by atoms with Gasteiger partial charge in [-0.05, 0) is 76.5 Å². The summed E-state index contributed by atoms with van der Waals surface area (Å²) in [5.41, 5.74) is 2.63. The van der Waals surface area contributed by atoms with Crippen LogP contribution in [0.1, 0.15) is 29.7 Å². The summed E-state index contributed by atoms with van der Waals surface area (Å²) in [7, 11) is 0. The van der Waals surface area contributed by atoms with Crippen LogP contribution in [-0.2, 0) is 11.4 Å². The van der Waals surface area contributed by atoms with Crippen LogP contribution in [0.15, 0.2) is 72.3 Å². The lowest BCUT2D eigenvalue weighted by molar-refractivity contribution is -0.117. The van der Waals surface area contributed by atoms with Gasteiger partial charge in [-0.1, -0.05) is 65.7 Å². The van der Waals surface area contributed by atoms with E-state index in [4.69, 9.17) is 27.9 Å². The summed E-state index contributed by atoms with van der Waals surface area (Å²) < 4.78 is 6.73. The Hall–Kier alpha value is -2.53. The highest BCUT2D eigenvalue weighted by Crippen LogP contribution is 2.26. The molecule has 1 amide bonds. The van der Waals surface area contributed by atoms with Gasteiger partial charge in [0.05, 0.1) is 19.7 Å². The van der Waals surface area contributed by atoms with E-state index >= 15 is 0 Å². The summed E-state index contributed by atoms with van der Waals surface area (Å²) in [4.78, 5) is 12.6. The van der Waals surface area contributed by atoms with Gasteiger partial charge in [-0.2, -0.15) is 5.26 Å². The van der Waals surface area contributed by atoms with Gasteiger partial charge in [-0.25, -0.2) is 0 Å². The van der Waals surface area contributed by atoms with Crippen molar-refractivity contribution in [3.8, 4) is 11.8 Å². The van der Waals surface area contributed by atoms with E-state index in [0.717, 1.165) is 20.3 Å². The number of hydrogen-bond donors (Lipinski definition) is 1. The SMILES string of the molecule is C[C@H](NC(=O)/C(C#N)=C\c1ccc(OCc2ccc(Cl)c(Cl)c2)c(I)c1)c1ccccc1. The Kier molecular flexibility index (Phi) is 8.57. The summed E-state index contributed by atoms with van der Waals surface area (Å²) in [6.45, 7) is 2.22. The maximum absolute atomic E-state index is 12.6. The maximum atomic E-state index is 12.6. The lowest BCUT2D eigenvalue weighted by Gasteiger charge is -2.14. The summed E-state index contributed by atoms with van der Waals surface area (Å²) in [6, 6.07) is 22.2. The van der Waals surface area contributed by atoms with Gasteiger partial charge < -0.3 is 10.1 Å². The quantitative estimate of drug-likeness (QED) is 0.188. The number of nitrogens with one attached hydrogen (secondary N) is 1. The van der Waals surface area contributed by atoms with E-state index in [1.165, 1.54) is 0 Å². The van der Waals surface area contributed by atoms with E-state index < -0.39 is 5.91 Å². The van der Waals surface area contributed by atoms with Gasteiger partial charge in [0.15, 0.2) is 0 Å². The summed E-state index contributed by atoms with van der Waals surface area (Å²) in [5, 5.41) is 13.3. The molecule has 32 heavy (non-hydrogen) atoms. The number of hydrogen-bond acceptors (Lipinski definition) is 3. The smallest absolute Gasteiger partial charge is 0.262 e. The predicted octanol–water partition coefficient (Wildman–Crippen LogP) is 6.96. The van der Waals surface area contributed by atoms with Crippen molar-refractivity contribution in [1.82, 2.24) is 5.32 Å². The van der Waals surface area contributed by atoms with Crippen LogP contribution < -0.4 is 10.1 Å². The summed E-state index contributed by atoms with van der Waals surface area (Å²) in [6.07, 6.45) is 1.57. The van der Waals surface area contributed by atoms with E-state index in [1.54, 1.807) is 24.3 Å². The fourth-order valence-electron chi connectivity index (χ4n) is 2.93. The lowest BCUT2D eigenvalue weighted by Crippen LogP contribution is -2.27. The number of carbonyl (C=O) groups is 1. The van der Waals surface area contributed by atoms with Crippen LogP contribution in [-0.4, -0.2) is 5.91 Å². The molecule has 0 fully saturated rings. The first-order valence-corrected chi connectivity index (χ1v) is 11.5. The first-order valence-electron chi connectivity index (χ1n) is 9.71. The number of nitriles is 1. The third-order valence-corrected chi connectivity index (χ3v) is 6.24. The van der Waals surface area contributed by atoms with E-state index in [-0.39, 0.29) is 11.6 Å². The van der Waals surface area contributed by atoms with Crippen molar-refractivity contribution in [3.05, 3.63) is 103 Å². The van der Waals surface area contributed by atoms with Crippen LogP contribution >= 0.6 is 45.8 Å². The standard InChI is InChI=1S/C25H19Cl2IN2O2/c1-16(19-5-3-2-4-6-19)30-25(31)20(14-29)11-17-8-10-24(23(28)13-17)32-15-18-7-9-21(26)22(27)12-18/h2-13,16H,15H2,1H3,(H,30,31)/b20-11-/t16-/m0/s1. The Bertz CT molecular complexity index is 1190. The lowest BCUT2D eigenvalue weighted by atomic mass is 10.1. The number of amides is 1. The molecule has 3 aromatic carbocycles. The van der Waals surface area contributed by atoms with Crippen LogP contribution in [0.3, 0.4) is 0 Å². The van der Waals surface area contributed by atoms with Crippen LogP contribution in [0.2, 0.25) is 10.0 Å². The van der Waals surface area contributed by atoms with E-state index in [1.807, 2.05) is 61.5 Å². The van der Waals surface area contributed by atoms with Crippen molar-refractivity contribution in [3.63, 3.8) is 0 Å². The Labute approximate surface area is 210 Å². The monoisotopic (exact) mass is 576 g/mol. The molecular weight excluding hydrogens is 558 g/mol. The van der Waals surface area contributed by atoms with Crippen LogP contribution in [0.25, 0.3) is 6.08 Å². The molecule has 0 aliphatic heterocycles. The van der Waals surface area contributed by atoms with Gasteiger partial charge in [0.2, 0.25) is 0 Å². The van der Waals surface area contributed by atoms with Crippen molar-refractivity contribution >= 4 is 57.8 Å². The molecule has 0 saturated heterocycles. The molecule has 0 aromatic heterocycles. The third-order valence-electron chi connectivity index (χ3n) is 4.66. The minimum atomic E-state index is -0.418. The molecule has 4 nitrogen and oxygen atoms in total. The second-order valence-electron chi connectivity index (χ2n) is 7.00. The van der Waals surface area contributed by atoms with E-state index in [2.05, 4.69) is 27.9 Å². The normalized spacial score (nSPS) is 12.0. The third kappa shape index (κ3) is 6.49. The van der Waals surface area contributed by atoms with Crippen LogP contribution in [0.5, 0.6) is 5.75 Å². The topological polar surface area (TPSA) is 62.1 Å². The van der Waals surface area contributed by atoms with Crippen molar-refractivity contribution < 1.29 is 9.53 Å². The molecule has 0 radical (unpaired) electrons. The van der Waals surface area contributed by atoms with Crippen molar-refractivity contribution in [1.29, 1.82) is 5.26 Å². The Morgan fingerprint density at radius 1 is 1.12 bits per heavy atom. The Balaban J connectivity index is 1.68. The minimum absolute atomic E-state index is 0.0352. The Morgan fingerprint density at radius 3 is 2.53 bits per heavy atom. The molecule has 0 unspecified atom stereocenters. The average Bonchev–Trinajstić information content (AvgIpc) is 2.79. The number of carbonyl (C=O) groups excluding carboxylic acids is 1. The van der Waals surface area contributed by atoms with Gasteiger partial charge >= 0.3 is 0 Å². The molecule has 7 heteroatoms. The van der Waals surface area contributed by atoms with Gasteiger partial charge in [0.25, 0.3) is 5.91 Å². The first-order chi connectivity index (χ1) is 15.4. The highest BCUT2D eigenvalue weighted by molar-refractivity contribution is 14.1. The maximum Gasteiger partial charge on any atom is 0.262 e. The van der Waals surface area contributed by atoms with Crippen LogP contribution in [0, 0.1) is 14.9 Å².